The number of carbonyl (C=O) groups excluding carboxylic acids is 1. The quantitative estimate of drug-likeness (QED) is 0.598. The van der Waals surface area contributed by atoms with Crippen LogP contribution >= 0.6 is 0 Å². The fourth-order valence-corrected chi connectivity index (χ4v) is 1.55. The van der Waals surface area contributed by atoms with Crippen molar-refractivity contribution in [1.29, 1.82) is 0 Å². The molecule has 0 aromatic carbocycles. The lowest BCUT2D eigenvalue weighted by Crippen LogP contribution is -2.09. The predicted molar refractivity (Wildman–Crippen MR) is 68.6 cm³/mol. The molecule has 2 aromatic heterocycles. The molecule has 2 heterocycles. The van der Waals surface area contributed by atoms with Crippen molar-refractivity contribution in [2.45, 2.75) is 13.5 Å². The third-order valence-electron chi connectivity index (χ3n) is 2.55. The van der Waals surface area contributed by atoms with Gasteiger partial charge in [-0.2, -0.15) is 0 Å². The predicted octanol–water partition coefficient (Wildman–Crippen LogP) is 1.37. The van der Waals surface area contributed by atoms with Crippen molar-refractivity contribution in [2.24, 2.45) is 0 Å². The van der Waals surface area contributed by atoms with Gasteiger partial charge in [0.25, 0.3) is 0 Å². The van der Waals surface area contributed by atoms with Crippen molar-refractivity contribution < 1.29 is 9.53 Å². The van der Waals surface area contributed by atoms with E-state index in [2.05, 4.69) is 21.9 Å². The second kappa shape index (κ2) is 5.90. The Balaban J connectivity index is 2.14. The minimum atomic E-state index is -0.496. The molecule has 0 atom stereocenters. The van der Waals surface area contributed by atoms with Crippen molar-refractivity contribution in [3.05, 3.63) is 54.1 Å². The minimum absolute atomic E-state index is 0.158. The highest BCUT2D eigenvalue weighted by atomic mass is 16.5. The SMILES string of the molecule is C=CCOC(=O)c1nnn(Cc2ccccn2)c1C. The third kappa shape index (κ3) is 3.04. The minimum Gasteiger partial charge on any atom is -0.457 e. The maximum absolute atomic E-state index is 11.7. The fourth-order valence-electron chi connectivity index (χ4n) is 1.55. The number of esters is 1. The number of aromatic nitrogens is 4. The highest BCUT2D eigenvalue weighted by molar-refractivity contribution is 5.88. The van der Waals surface area contributed by atoms with E-state index in [4.69, 9.17) is 4.74 Å². The normalized spacial score (nSPS) is 10.2. The number of nitrogens with zero attached hydrogens (tertiary/aromatic N) is 4. The zero-order valence-corrected chi connectivity index (χ0v) is 10.6. The fraction of sp³-hybridized carbons (Fsp3) is 0.231. The Kier molecular flexibility index (Phi) is 4.02. The number of rotatable bonds is 5. The lowest BCUT2D eigenvalue weighted by Gasteiger charge is -2.03. The van der Waals surface area contributed by atoms with Crippen LogP contribution in [0.4, 0.5) is 0 Å². The molecule has 2 aromatic rings. The summed E-state index contributed by atoms with van der Waals surface area (Å²) < 4.78 is 6.55. The van der Waals surface area contributed by atoms with E-state index < -0.39 is 5.97 Å². The molecular formula is C13H14N4O2. The van der Waals surface area contributed by atoms with E-state index in [0.29, 0.717) is 12.2 Å². The summed E-state index contributed by atoms with van der Waals surface area (Å²) in [6.45, 7) is 5.88. The molecule has 0 radical (unpaired) electrons. The van der Waals surface area contributed by atoms with Gasteiger partial charge < -0.3 is 4.74 Å². The molecule has 0 aliphatic heterocycles. The first-order chi connectivity index (χ1) is 9.22. The van der Waals surface area contributed by atoms with Gasteiger partial charge in [0.05, 0.1) is 17.9 Å². The first-order valence-electron chi connectivity index (χ1n) is 5.80. The van der Waals surface area contributed by atoms with Gasteiger partial charge in [-0.15, -0.1) is 5.10 Å². The molecular weight excluding hydrogens is 244 g/mol. The monoisotopic (exact) mass is 258 g/mol. The van der Waals surface area contributed by atoms with E-state index in [1.54, 1.807) is 17.8 Å². The van der Waals surface area contributed by atoms with E-state index in [1.165, 1.54) is 6.08 Å². The van der Waals surface area contributed by atoms with Gasteiger partial charge in [0.1, 0.15) is 6.61 Å². The van der Waals surface area contributed by atoms with Gasteiger partial charge in [-0.1, -0.05) is 23.9 Å². The number of ether oxygens (including phenoxy) is 1. The molecule has 0 fully saturated rings. The summed E-state index contributed by atoms with van der Waals surface area (Å²) in [7, 11) is 0. The van der Waals surface area contributed by atoms with Crippen molar-refractivity contribution in [2.75, 3.05) is 6.61 Å². The maximum Gasteiger partial charge on any atom is 0.361 e. The van der Waals surface area contributed by atoms with Gasteiger partial charge in [-0.05, 0) is 19.1 Å². The molecule has 0 N–H and O–H groups in total. The number of carbonyl (C=O) groups is 1. The average Bonchev–Trinajstić information content (AvgIpc) is 2.79. The molecule has 0 aliphatic carbocycles. The standard InChI is InChI=1S/C13H14N4O2/c1-3-8-19-13(18)12-10(2)17(16-15-12)9-11-6-4-5-7-14-11/h3-7H,1,8-9H2,2H3. The summed E-state index contributed by atoms with van der Waals surface area (Å²) in [5.41, 5.74) is 1.72. The van der Waals surface area contributed by atoms with Crippen LogP contribution in [0, 0.1) is 6.92 Å². The van der Waals surface area contributed by atoms with Crippen molar-refractivity contribution >= 4 is 5.97 Å². The molecule has 98 valence electrons. The molecule has 6 nitrogen and oxygen atoms in total. The van der Waals surface area contributed by atoms with E-state index in [1.807, 2.05) is 18.2 Å². The van der Waals surface area contributed by atoms with Gasteiger partial charge >= 0.3 is 5.97 Å². The van der Waals surface area contributed by atoms with Crippen LogP contribution in [0.15, 0.2) is 37.1 Å². The van der Waals surface area contributed by atoms with Crippen LogP contribution in [0.5, 0.6) is 0 Å². The van der Waals surface area contributed by atoms with Gasteiger partial charge in [0, 0.05) is 6.20 Å². The average molecular weight is 258 g/mol. The first-order valence-corrected chi connectivity index (χ1v) is 5.80. The molecule has 0 saturated carbocycles. The Morgan fingerprint density at radius 1 is 1.53 bits per heavy atom. The van der Waals surface area contributed by atoms with E-state index >= 15 is 0 Å². The molecule has 0 spiro atoms. The summed E-state index contributed by atoms with van der Waals surface area (Å²) in [4.78, 5) is 15.9. The highest BCUT2D eigenvalue weighted by Gasteiger charge is 2.17. The second-order valence-corrected chi connectivity index (χ2v) is 3.89. The van der Waals surface area contributed by atoms with Crippen molar-refractivity contribution in [3.8, 4) is 0 Å². The third-order valence-corrected chi connectivity index (χ3v) is 2.55. The Morgan fingerprint density at radius 2 is 2.37 bits per heavy atom. The lowest BCUT2D eigenvalue weighted by molar-refractivity contribution is 0.0542. The highest BCUT2D eigenvalue weighted by Crippen LogP contribution is 2.07. The van der Waals surface area contributed by atoms with Gasteiger partial charge in [0.15, 0.2) is 5.69 Å². The van der Waals surface area contributed by atoms with Gasteiger partial charge in [0.2, 0.25) is 0 Å². The first kappa shape index (κ1) is 12.9. The van der Waals surface area contributed by atoms with Crippen LogP contribution in [0.3, 0.4) is 0 Å². The van der Waals surface area contributed by atoms with E-state index in [0.717, 1.165) is 5.69 Å². The van der Waals surface area contributed by atoms with E-state index in [-0.39, 0.29) is 12.3 Å². The number of pyridine rings is 1. The summed E-state index contributed by atoms with van der Waals surface area (Å²) in [6, 6.07) is 5.63. The Bertz CT molecular complexity index is 578. The molecule has 19 heavy (non-hydrogen) atoms. The topological polar surface area (TPSA) is 69.9 Å². The van der Waals surface area contributed by atoms with Gasteiger partial charge in [-0.25, -0.2) is 9.48 Å². The molecule has 2 rings (SSSR count). The smallest absolute Gasteiger partial charge is 0.361 e. The van der Waals surface area contributed by atoms with Crippen LogP contribution in [0.1, 0.15) is 21.9 Å². The van der Waals surface area contributed by atoms with Crippen molar-refractivity contribution in [3.63, 3.8) is 0 Å². The van der Waals surface area contributed by atoms with Crippen LogP contribution in [-0.2, 0) is 11.3 Å². The maximum atomic E-state index is 11.7. The molecule has 0 saturated heterocycles. The van der Waals surface area contributed by atoms with Crippen LogP contribution in [-0.4, -0.2) is 32.6 Å². The molecule has 0 bridgehead atoms. The zero-order valence-electron chi connectivity index (χ0n) is 10.6. The molecule has 0 unspecified atom stereocenters. The molecule has 6 heteroatoms. The molecule has 0 amide bonds. The summed E-state index contributed by atoms with van der Waals surface area (Å²) >= 11 is 0. The van der Waals surface area contributed by atoms with Crippen LogP contribution in [0.2, 0.25) is 0 Å². The van der Waals surface area contributed by atoms with Crippen LogP contribution in [0.25, 0.3) is 0 Å². The number of hydrogen-bond acceptors (Lipinski definition) is 5. The van der Waals surface area contributed by atoms with Gasteiger partial charge in [-0.3, -0.25) is 4.98 Å². The lowest BCUT2D eigenvalue weighted by atomic mass is 10.3. The Labute approximate surface area is 110 Å². The molecule has 0 aliphatic rings. The zero-order chi connectivity index (χ0) is 13.7. The summed E-state index contributed by atoms with van der Waals surface area (Å²) in [5.74, 6) is -0.496. The van der Waals surface area contributed by atoms with Crippen molar-refractivity contribution in [1.82, 2.24) is 20.0 Å². The largest absolute Gasteiger partial charge is 0.457 e. The summed E-state index contributed by atoms with van der Waals surface area (Å²) in [6.07, 6.45) is 3.21. The number of hydrogen-bond donors (Lipinski definition) is 0. The Hall–Kier alpha value is -2.50. The van der Waals surface area contributed by atoms with E-state index in [9.17, 15) is 4.79 Å². The Morgan fingerprint density at radius 3 is 3.05 bits per heavy atom. The van der Waals surface area contributed by atoms with Crippen LogP contribution < -0.4 is 0 Å². The second-order valence-electron chi connectivity index (χ2n) is 3.89. The summed E-state index contributed by atoms with van der Waals surface area (Å²) in [5, 5.41) is 7.78.